The van der Waals surface area contributed by atoms with Crippen LogP contribution in [0.5, 0.6) is 5.88 Å². The van der Waals surface area contributed by atoms with Crippen molar-refractivity contribution in [2.24, 2.45) is 5.73 Å². The zero-order valence-corrected chi connectivity index (χ0v) is 8.25. The van der Waals surface area contributed by atoms with E-state index in [1.807, 2.05) is 0 Å². The lowest BCUT2D eigenvalue weighted by molar-refractivity contribution is 0.0978. The number of halogens is 2. The molecule has 1 amide bonds. The van der Waals surface area contributed by atoms with Crippen molar-refractivity contribution in [1.29, 1.82) is 0 Å². The number of methoxy groups -OCH3 is 1. The van der Waals surface area contributed by atoms with Gasteiger partial charge in [0.25, 0.3) is 12.3 Å². The summed E-state index contributed by atoms with van der Waals surface area (Å²) in [5.74, 6) is -0.905. The number of aromatic nitrogens is 1. The number of rotatable bonds is 3. The number of hydrogen-bond acceptors (Lipinski definition) is 3. The molecule has 0 spiro atoms. The van der Waals surface area contributed by atoms with Crippen molar-refractivity contribution in [2.75, 3.05) is 7.11 Å². The molecule has 0 aliphatic rings. The Kier molecular flexibility index (Phi) is 3.18. The van der Waals surface area contributed by atoms with Gasteiger partial charge in [0.2, 0.25) is 5.88 Å². The lowest BCUT2D eigenvalue weighted by Crippen LogP contribution is -2.17. The molecule has 82 valence electrons. The first kappa shape index (κ1) is 11.4. The van der Waals surface area contributed by atoms with Crippen LogP contribution in [0.4, 0.5) is 8.78 Å². The van der Waals surface area contributed by atoms with Gasteiger partial charge in [0.05, 0.1) is 12.7 Å². The average Bonchev–Trinajstić information content (AvgIpc) is 2.15. The number of primary amides is 1. The Morgan fingerprint density at radius 2 is 2.20 bits per heavy atom. The molecule has 2 N–H and O–H groups in total. The van der Waals surface area contributed by atoms with Crippen molar-refractivity contribution < 1.29 is 18.3 Å². The summed E-state index contributed by atoms with van der Waals surface area (Å²) in [6.45, 7) is 1.44. The third kappa shape index (κ3) is 2.20. The fourth-order valence-electron chi connectivity index (χ4n) is 1.22. The number of alkyl halides is 2. The molecule has 0 unspecified atom stereocenters. The van der Waals surface area contributed by atoms with Gasteiger partial charge in [-0.25, -0.2) is 13.8 Å². The summed E-state index contributed by atoms with van der Waals surface area (Å²) in [5.41, 5.74) is 4.30. The summed E-state index contributed by atoms with van der Waals surface area (Å²) in [6.07, 6.45) is -2.79. The van der Waals surface area contributed by atoms with E-state index in [9.17, 15) is 13.6 Å². The lowest BCUT2D eigenvalue weighted by Gasteiger charge is -2.10. The number of amides is 1. The van der Waals surface area contributed by atoms with Crippen LogP contribution in [-0.2, 0) is 0 Å². The number of nitrogens with zero attached hydrogens (tertiary/aromatic N) is 1. The van der Waals surface area contributed by atoms with Crippen molar-refractivity contribution in [3.63, 3.8) is 0 Å². The molecule has 1 heterocycles. The highest BCUT2D eigenvalue weighted by molar-refractivity contribution is 5.92. The zero-order valence-electron chi connectivity index (χ0n) is 8.25. The molecule has 6 heteroatoms. The fraction of sp³-hybridized carbons (Fsp3) is 0.333. The van der Waals surface area contributed by atoms with Gasteiger partial charge in [0.1, 0.15) is 5.69 Å². The summed E-state index contributed by atoms with van der Waals surface area (Å²) in [4.78, 5) is 14.5. The van der Waals surface area contributed by atoms with Gasteiger partial charge >= 0.3 is 0 Å². The molecule has 15 heavy (non-hydrogen) atoms. The molecule has 0 atom stereocenters. The van der Waals surface area contributed by atoms with Crippen LogP contribution >= 0.6 is 0 Å². The minimum absolute atomic E-state index is 0.0886. The van der Waals surface area contributed by atoms with Gasteiger partial charge in [-0.1, -0.05) is 0 Å². The summed E-state index contributed by atoms with van der Waals surface area (Å²) < 4.78 is 29.9. The van der Waals surface area contributed by atoms with E-state index in [1.54, 1.807) is 0 Å². The first-order valence-corrected chi connectivity index (χ1v) is 4.10. The maximum atomic E-state index is 12.6. The number of nitrogens with two attached hydrogens (primary N) is 1. The Morgan fingerprint density at radius 3 is 2.60 bits per heavy atom. The summed E-state index contributed by atoms with van der Waals surface area (Å²) in [6, 6.07) is 1.33. The van der Waals surface area contributed by atoms with Gasteiger partial charge in [-0.3, -0.25) is 4.79 Å². The first-order valence-electron chi connectivity index (χ1n) is 4.10. The highest BCUT2D eigenvalue weighted by atomic mass is 19.3. The van der Waals surface area contributed by atoms with E-state index in [0.717, 1.165) is 0 Å². The Balaban J connectivity index is 3.42. The molecule has 1 rings (SSSR count). The quantitative estimate of drug-likeness (QED) is 0.831. The number of hydrogen-bond donors (Lipinski definition) is 1. The van der Waals surface area contributed by atoms with Gasteiger partial charge in [-0.2, -0.15) is 0 Å². The van der Waals surface area contributed by atoms with Crippen LogP contribution < -0.4 is 10.5 Å². The van der Waals surface area contributed by atoms with Gasteiger partial charge in [0.15, 0.2) is 0 Å². The maximum Gasteiger partial charge on any atom is 0.267 e. The monoisotopic (exact) mass is 216 g/mol. The third-order valence-corrected chi connectivity index (χ3v) is 1.90. The average molecular weight is 216 g/mol. The third-order valence-electron chi connectivity index (χ3n) is 1.90. The Bertz CT molecular complexity index is 394. The second-order valence-electron chi connectivity index (χ2n) is 2.91. The number of aryl methyl sites for hydroxylation is 1. The van der Waals surface area contributed by atoms with Gasteiger partial charge < -0.3 is 10.5 Å². The maximum absolute atomic E-state index is 12.6. The minimum atomic E-state index is -2.79. The highest BCUT2D eigenvalue weighted by Gasteiger charge is 2.22. The minimum Gasteiger partial charge on any atom is -0.481 e. The van der Waals surface area contributed by atoms with Crippen molar-refractivity contribution in [3.8, 4) is 5.88 Å². The molecule has 0 fully saturated rings. The van der Waals surface area contributed by atoms with E-state index in [4.69, 9.17) is 10.5 Å². The van der Waals surface area contributed by atoms with Crippen molar-refractivity contribution in [3.05, 3.63) is 22.9 Å². The number of carbonyl (C=O) groups is 1. The number of carbonyl (C=O) groups excluding carboxylic acids is 1. The second kappa shape index (κ2) is 4.20. The SMILES string of the molecule is COc1cc(C)c(C(F)F)c(C(N)=O)n1. The summed E-state index contributed by atoms with van der Waals surface area (Å²) >= 11 is 0. The van der Waals surface area contributed by atoms with Crippen LogP contribution in [0.15, 0.2) is 6.07 Å². The molecule has 1 aromatic heterocycles. The van der Waals surface area contributed by atoms with Crippen LogP contribution in [0.25, 0.3) is 0 Å². The number of ether oxygens (including phenoxy) is 1. The van der Waals surface area contributed by atoms with Crippen molar-refractivity contribution >= 4 is 5.91 Å². The van der Waals surface area contributed by atoms with E-state index in [0.29, 0.717) is 0 Å². The van der Waals surface area contributed by atoms with Crippen molar-refractivity contribution in [2.45, 2.75) is 13.3 Å². The van der Waals surface area contributed by atoms with Gasteiger partial charge in [-0.05, 0) is 12.5 Å². The molecule has 1 aromatic rings. The molecule has 0 aliphatic carbocycles. The largest absolute Gasteiger partial charge is 0.481 e. The van der Waals surface area contributed by atoms with Gasteiger partial charge in [-0.15, -0.1) is 0 Å². The van der Waals surface area contributed by atoms with Gasteiger partial charge in [0, 0.05) is 6.07 Å². The van der Waals surface area contributed by atoms with E-state index >= 15 is 0 Å². The predicted molar refractivity (Wildman–Crippen MR) is 49.0 cm³/mol. The molecule has 0 aliphatic heterocycles. The van der Waals surface area contributed by atoms with E-state index in [1.165, 1.54) is 20.1 Å². The second-order valence-corrected chi connectivity index (χ2v) is 2.91. The molecule has 4 nitrogen and oxygen atoms in total. The molecule has 0 bridgehead atoms. The molecule has 0 saturated heterocycles. The number of pyridine rings is 1. The van der Waals surface area contributed by atoms with E-state index < -0.39 is 23.6 Å². The van der Waals surface area contributed by atoms with Crippen LogP contribution in [0.3, 0.4) is 0 Å². The Morgan fingerprint density at radius 1 is 1.60 bits per heavy atom. The van der Waals surface area contributed by atoms with Crippen LogP contribution in [0.2, 0.25) is 0 Å². The molecular formula is C9H10F2N2O2. The zero-order chi connectivity index (χ0) is 11.6. The van der Waals surface area contributed by atoms with E-state index in [-0.39, 0.29) is 11.4 Å². The molecule has 0 radical (unpaired) electrons. The Labute approximate surface area is 85.1 Å². The van der Waals surface area contributed by atoms with E-state index in [2.05, 4.69) is 4.98 Å². The van der Waals surface area contributed by atoms with Crippen LogP contribution in [-0.4, -0.2) is 18.0 Å². The topological polar surface area (TPSA) is 65.2 Å². The highest BCUT2D eigenvalue weighted by Crippen LogP contribution is 2.27. The normalized spacial score (nSPS) is 10.5. The summed E-state index contributed by atoms with van der Waals surface area (Å²) in [7, 11) is 1.33. The molecule has 0 aromatic carbocycles. The predicted octanol–water partition coefficient (Wildman–Crippen LogP) is 1.44. The van der Waals surface area contributed by atoms with Crippen molar-refractivity contribution in [1.82, 2.24) is 4.98 Å². The van der Waals surface area contributed by atoms with Crippen LogP contribution in [0.1, 0.15) is 28.0 Å². The summed E-state index contributed by atoms with van der Waals surface area (Å²) in [5, 5.41) is 0. The van der Waals surface area contributed by atoms with Crippen LogP contribution in [0, 0.1) is 6.92 Å². The molecular weight excluding hydrogens is 206 g/mol. The standard InChI is InChI=1S/C9H10F2N2O2/c1-4-3-5(15-2)13-7(9(12)14)6(4)8(10)11/h3,8H,1-2H3,(H2,12,14). The smallest absolute Gasteiger partial charge is 0.267 e. The lowest BCUT2D eigenvalue weighted by atomic mass is 10.1. The fourth-order valence-corrected chi connectivity index (χ4v) is 1.22. The first-order chi connectivity index (χ1) is 6.97. The molecule has 0 saturated carbocycles. The Hall–Kier alpha value is -1.72.